The Balaban J connectivity index is 1.94. The van der Waals surface area contributed by atoms with E-state index < -0.39 is 0 Å². The molecule has 0 fully saturated rings. The van der Waals surface area contributed by atoms with Crippen molar-refractivity contribution in [2.45, 2.75) is 12.8 Å². The number of hydrogen-bond donors (Lipinski definition) is 0. The quantitative estimate of drug-likeness (QED) is 0.789. The summed E-state index contributed by atoms with van der Waals surface area (Å²) in [4.78, 5) is 13.9. The number of anilines is 1. The lowest BCUT2D eigenvalue weighted by atomic mass is 10.1. The maximum Gasteiger partial charge on any atom is 0.282 e. The highest BCUT2D eigenvalue weighted by Gasteiger charge is 2.10. The van der Waals surface area contributed by atoms with Gasteiger partial charge in [0.1, 0.15) is 10.2 Å². The average molecular weight is 366 g/mol. The van der Waals surface area contributed by atoms with Crippen LogP contribution in [0.4, 0.5) is 5.69 Å². The first-order valence-corrected chi connectivity index (χ1v) is 7.88. The maximum atomic E-state index is 11.9. The lowest BCUT2D eigenvalue weighted by Gasteiger charge is -2.20. The van der Waals surface area contributed by atoms with Gasteiger partial charge in [-0.25, -0.2) is 4.68 Å². The topological polar surface area (TPSA) is 47.4 Å². The highest BCUT2D eigenvalue weighted by Crippen LogP contribution is 2.20. The maximum absolute atomic E-state index is 11.9. The summed E-state index contributed by atoms with van der Waals surface area (Å²) in [5.41, 5.74) is 1.97. The molecule has 0 atom stereocenters. The molecule has 1 aromatic heterocycles. The van der Waals surface area contributed by atoms with Crippen molar-refractivity contribution in [3.05, 3.63) is 50.9 Å². The first-order chi connectivity index (χ1) is 10.5. The summed E-state index contributed by atoms with van der Waals surface area (Å²) in [6.07, 6.45) is 3.67. The van der Waals surface area contributed by atoms with Gasteiger partial charge in [-0.05, 0) is 46.5 Å². The minimum Gasteiger partial charge on any atom is -0.497 e. The van der Waals surface area contributed by atoms with E-state index in [1.54, 1.807) is 20.4 Å². The van der Waals surface area contributed by atoms with Gasteiger partial charge < -0.3 is 9.64 Å². The Hall–Kier alpha value is -1.82. The van der Waals surface area contributed by atoms with Crippen molar-refractivity contribution in [3.63, 3.8) is 0 Å². The van der Waals surface area contributed by atoms with E-state index in [0.717, 1.165) is 30.8 Å². The third kappa shape index (κ3) is 3.88. The average Bonchev–Trinajstić information content (AvgIpc) is 2.53. The zero-order chi connectivity index (χ0) is 16.1. The van der Waals surface area contributed by atoms with Gasteiger partial charge in [-0.3, -0.25) is 4.79 Å². The van der Waals surface area contributed by atoms with Crippen LogP contribution in [0.25, 0.3) is 0 Å². The normalized spacial score (nSPS) is 10.5. The summed E-state index contributed by atoms with van der Waals surface area (Å²) in [6, 6.07) is 8.10. The molecule has 0 aliphatic rings. The molecule has 6 heteroatoms. The SMILES string of the molecule is COc1ccc(CCCN(C)c2cnn(C)c(=O)c2Br)cc1. The molecule has 0 bridgehead atoms. The second-order valence-corrected chi connectivity index (χ2v) is 5.94. The van der Waals surface area contributed by atoms with Crippen molar-refractivity contribution in [3.8, 4) is 5.75 Å². The molecule has 2 rings (SSSR count). The Kier molecular flexibility index (Phi) is 5.60. The van der Waals surface area contributed by atoms with Crippen LogP contribution in [0.5, 0.6) is 5.75 Å². The number of methoxy groups -OCH3 is 1. The monoisotopic (exact) mass is 365 g/mol. The first kappa shape index (κ1) is 16.5. The smallest absolute Gasteiger partial charge is 0.282 e. The van der Waals surface area contributed by atoms with Crippen molar-refractivity contribution in [2.24, 2.45) is 7.05 Å². The first-order valence-electron chi connectivity index (χ1n) is 7.09. The zero-order valence-corrected chi connectivity index (χ0v) is 14.6. The Morgan fingerprint density at radius 3 is 2.64 bits per heavy atom. The van der Waals surface area contributed by atoms with E-state index in [0.29, 0.717) is 4.47 Å². The summed E-state index contributed by atoms with van der Waals surface area (Å²) in [6.45, 7) is 0.847. The summed E-state index contributed by atoms with van der Waals surface area (Å²) >= 11 is 3.36. The van der Waals surface area contributed by atoms with E-state index in [9.17, 15) is 4.79 Å². The fourth-order valence-corrected chi connectivity index (χ4v) is 2.86. The van der Waals surface area contributed by atoms with Crippen LogP contribution in [0.3, 0.4) is 0 Å². The molecule has 0 aliphatic carbocycles. The molecule has 22 heavy (non-hydrogen) atoms. The van der Waals surface area contributed by atoms with Crippen molar-refractivity contribution in [1.29, 1.82) is 0 Å². The van der Waals surface area contributed by atoms with Gasteiger partial charge >= 0.3 is 0 Å². The third-order valence-corrected chi connectivity index (χ3v) is 4.33. The predicted octanol–water partition coefficient (Wildman–Crippen LogP) is 2.62. The molecule has 0 aliphatic heterocycles. The van der Waals surface area contributed by atoms with Gasteiger partial charge in [0.25, 0.3) is 5.56 Å². The molecule has 1 aromatic carbocycles. The number of ether oxygens (including phenoxy) is 1. The molecule has 0 spiro atoms. The standard InChI is InChI=1S/C16H20BrN3O2/c1-19(14-11-18-20(2)16(21)15(14)17)10-4-5-12-6-8-13(22-3)9-7-12/h6-9,11H,4-5,10H2,1-3H3. The molecule has 0 N–H and O–H groups in total. The van der Waals surface area contributed by atoms with Crippen LogP contribution in [0.2, 0.25) is 0 Å². The number of aromatic nitrogens is 2. The summed E-state index contributed by atoms with van der Waals surface area (Å²) < 4.78 is 7.02. The van der Waals surface area contributed by atoms with Crippen LogP contribution < -0.4 is 15.2 Å². The van der Waals surface area contributed by atoms with Crippen LogP contribution in [0, 0.1) is 0 Å². The highest BCUT2D eigenvalue weighted by atomic mass is 79.9. The van der Waals surface area contributed by atoms with Gasteiger partial charge in [-0.2, -0.15) is 5.10 Å². The highest BCUT2D eigenvalue weighted by molar-refractivity contribution is 9.10. The minimum atomic E-state index is -0.125. The lowest BCUT2D eigenvalue weighted by molar-refractivity contribution is 0.414. The van der Waals surface area contributed by atoms with E-state index in [1.807, 2.05) is 24.1 Å². The molecule has 1 heterocycles. The van der Waals surface area contributed by atoms with Crippen LogP contribution in [0.15, 0.2) is 39.7 Å². The van der Waals surface area contributed by atoms with Crippen molar-refractivity contribution in [1.82, 2.24) is 9.78 Å². The van der Waals surface area contributed by atoms with Crippen LogP contribution in [-0.2, 0) is 13.5 Å². The van der Waals surface area contributed by atoms with E-state index in [-0.39, 0.29) is 5.56 Å². The molecule has 0 unspecified atom stereocenters. The van der Waals surface area contributed by atoms with Gasteiger partial charge in [-0.15, -0.1) is 0 Å². The Labute approximate surface area is 138 Å². The van der Waals surface area contributed by atoms with Crippen molar-refractivity contribution in [2.75, 3.05) is 25.6 Å². The molecule has 118 valence electrons. The third-order valence-electron chi connectivity index (χ3n) is 3.59. The van der Waals surface area contributed by atoms with E-state index in [2.05, 4.69) is 33.2 Å². The van der Waals surface area contributed by atoms with Crippen molar-refractivity contribution < 1.29 is 4.74 Å². The largest absolute Gasteiger partial charge is 0.497 e. The minimum absolute atomic E-state index is 0.125. The molecule has 0 saturated heterocycles. The Morgan fingerprint density at radius 2 is 2.00 bits per heavy atom. The Bertz CT molecular complexity index is 683. The summed E-state index contributed by atoms with van der Waals surface area (Å²) in [7, 11) is 5.27. The lowest BCUT2D eigenvalue weighted by Crippen LogP contribution is -2.26. The number of aryl methyl sites for hydroxylation is 2. The molecule has 0 amide bonds. The van der Waals surface area contributed by atoms with Crippen LogP contribution >= 0.6 is 15.9 Å². The molecule has 0 saturated carbocycles. The van der Waals surface area contributed by atoms with E-state index in [4.69, 9.17) is 4.74 Å². The summed E-state index contributed by atoms with van der Waals surface area (Å²) in [5.74, 6) is 0.871. The number of halogens is 1. The van der Waals surface area contributed by atoms with E-state index >= 15 is 0 Å². The summed E-state index contributed by atoms with van der Waals surface area (Å²) in [5, 5.41) is 4.06. The van der Waals surface area contributed by atoms with Crippen molar-refractivity contribution >= 4 is 21.6 Å². The number of nitrogens with zero attached hydrogens (tertiary/aromatic N) is 3. The van der Waals surface area contributed by atoms with Gasteiger partial charge in [0.15, 0.2) is 0 Å². The predicted molar refractivity (Wildman–Crippen MR) is 91.8 cm³/mol. The number of rotatable bonds is 6. The van der Waals surface area contributed by atoms with Crippen LogP contribution in [-0.4, -0.2) is 30.5 Å². The van der Waals surface area contributed by atoms with Crippen LogP contribution in [0.1, 0.15) is 12.0 Å². The second-order valence-electron chi connectivity index (χ2n) is 5.15. The van der Waals surface area contributed by atoms with Gasteiger partial charge in [0.05, 0.1) is 19.0 Å². The molecular formula is C16H20BrN3O2. The van der Waals surface area contributed by atoms with Gasteiger partial charge in [0.2, 0.25) is 0 Å². The molecule has 0 radical (unpaired) electrons. The van der Waals surface area contributed by atoms with Gasteiger partial charge in [-0.1, -0.05) is 12.1 Å². The number of benzene rings is 1. The van der Waals surface area contributed by atoms with Gasteiger partial charge in [0, 0.05) is 20.6 Å². The zero-order valence-electron chi connectivity index (χ0n) is 13.0. The fourth-order valence-electron chi connectivity index (χ4n) is 2.20. The van der Waals surface area contributed by atoms with E-state index in [1.165, 1.54) is 10.2 Å². The molecule has 5 nitrogen and oxygen atoms in total. The second kappa shape index (κ2) is 7.45. The molecule has 2 aromatic rings. The molecular weight excluding hydrogens is 346 g/mol. The number of hydrogen-bond acceptors (Lipinski definition) is 4. The fraction of sp³-hybridized carbons (Fsp3) is 0.375. The Morgan fingerprint density at radius 1 is 1.32 bits per heavy atom.